The Morgan fingerprint density at radius 3 is 2.84 bits per heavy atom. The number of ether oxygens (including phenoxy) is 1. The molecule has 31 heavy (non-hydrogen) atoms. The first-order valence-corrected chi connectivity index (χ1v) is 10.7. The van der Waals surface area contributed by atoms with E-state index in [-0.39, 0.29) is 11.8 Å². The van der Waals surface area contributed by atoms with Gasteiger partial charge in [-0.2, -0.15) is 0 Å². The van der Waals surface area contributed by atoms with Crippen molar-refractivity contribution in [2.45, 2.75) is 26.3 Å². The molecule has 3 aromatic rings. The molecular weight excluding hydrogens is 388 g/mol. The number of aromatic nitrogens is 2. The second-order valence-electron chi connectivity index (χ2n) is 7.96. The van der Waals surface area contributed by atoms with E-state index in [4.69, 9.17) is 9.72 Å². The van der Waals surface area contributed by atoms with Gasteiger partial charge in [0.05, 0.1) is 13.0 Å². The number of hydrogen-bond acceptors (Lipinski definition) is 5. The van der Waals surface area contributed by atoms with Gasteiger partial charge in [-0.3, -0.25) is 4.79 Å². The fourth-order valence-corrected chi connectivity index (χ4v) is 3.88. The molecular formula is C25H28N4O2. The van der Waals surface area contributed by atoms with Gasteiger partial charge in [-0.1, -0.05) is 42.0 Å². The van der Waals surface area contributed by atoms with E-state index in [1.165, 1.54) is 5.56 Å². The summed E-state index contributed by atoms with van der Waals surface area (Å²) in [5.41, 5.74) is 3.23. The molecule has 0 unspecified atom stereocenters. The van der Waals surface area contributed by atoms with Crippen LogP contribution >= 0.6 is 0 Å². The van der Waals surface area contributed by atoms with E-state index >= 15 is 0 Å². The van der Waals surface area contributed by atoms with Gasteiger partial charge in [-0.05, 0) is 43.5 Å². The average Bonchev–Trinajstić information content (AvgIpc) is 2.83. The SMILES string of the molecule is COc1cccc(CNC(=O)[C@H]2CCCN(c3ccnc(-c4ccc(C)cc4)n3)C2)c1. The average molecular weight is 417 g/mol. The fourth-order valence-electron chi connectivity index (χ4n) is 3.88. The molecule has 1 aromatic heterocycles. The predicted octanol–water partition coefficient (Wildman–Crippen LogP) is 3.99. The lowest BCUT2D eigenvalue weighted by atomic mass is 9.97. The molecule has 0 bridgehead atoms. The molecule has 6 heteroatoms. The maximum absolute atomic E-state index is 12.8. The molecule has 0 saturated carbocycles. The van der Waals surface area contributed by atoms with Crippen LogP contribution in [0.3, 0.4) is 0 Å². The van der Waals surface area contributed by atoms with Gasteiger partial charge < -0.3 is 15.0 Å². The Hall–Kier alpha value is -3.41. The maximum atomic E-state index is 12.8. The molecule has 160 valence electrons. The van der Waals surface area contributed by atoms with Crippen molar-refractivity contribution in [3.8, 4) is 17.1 Å². The minimum absolute atomic E-state index is 0.0582. The number of amides is 1. The number of carbonyl (C=O) groups excluding carboxylic acids is 1. The number of methoxy groups -OCH3 is 1. The minimum atomic E-state index is -0.0582. The van der Waals surface area contributed by atoms with Crippen molar-refractivity contribution in [1.29, 1.82) is 0 Å². The molecule has 1 aliphatic rings. The van der Waals surface area contributed by atoms with Crippen LogP contribution in [0.4, 0.5) is 5.82 Å². The number of nitrogens with one attached hydrogen (secondary N) is 1. The first-order valence-electron chi connectivity index (χ1n) is 10.7. The van der Waals surface area contributed by atoms with Crippen molar-refractivity contribution in [3.05, 3.63) is 71.9 Å². The van der Waals surface area contributed by atoms with E-state index in [9.17, 15) is 4.79 Å². The van der Waals surface area contributed by atoms with Gasteiger partial charge in [0.2, 0.25) is 5.91 Å². The number of carbonyl (C=O) groups is 1. The standard InChI is InChI=1S/C25H28N4O2/c1-18-8-10-20(11-9-18)24-26-13-12-23(28-24)29-14-4-6-21(17-29)25(30)27-16-19-5-3-7-22(15-19)31-2/h3,5,7-13,15,21H,4,6,14,16-17H2,1-2H3,(H,27,30)/t21-/m0/s1. The van der Waals surface area contributed by atoms with E-state index in [1.54, 1.807) is 13.3 Å². The normalized spacial score (nSPS) is 16.1. The summed E-state index contributed by atoms with van der Waals surface area (Å²) in [6.07, 6.45) is 3.64. The van der Waals surface area contributed by atoms with Crippen LogP contribution in [0.5, 0.6) is 5.75 Å². The molecule has 2 aromatic carbocycles. The Labute approximate surface area is 183 Å². The van der Waals surface area contributed by atoms with Crippen molar-refractivity contribution in [1.82, 2.24) is 15.3 Å². The van der Waals surface area contributed by atoms with Gasteiger partial charge >= 0.3 is 0 Å². The van der Waals surface area contributed by atoms with Crippen LogP contribution in [-0.2, 0) is 11.3 Å². The first-order chi connectivity index (χ1) is 15.1. The zero-order valence-electron chi connectivity index (χ0n) is 18.0. The smallest absolute Gasteiger partial charge is 0.225 e. The topological polar surface area (TPSA) is 67.3 Å². The Morgan fingerprint density at radius 1 is 1.19 bits per heavy atom. The lowest BCUT2D eigenvalue weighted by Gasteiger charge is -2.33. The van der Waals surface area contributed by atoms with Crippen molar-refractivity contribution in [3.63, 3.8) is 0 Å². The summed E-state index contributed by atoms with van der Waals surface area (Å²) in [7, 11) is 1.64. The zero-order valence-corrected chi connectivity index (χ0v) is 18.0. The Bertz CT molecular complexity index is 1040. The summed E-state index contributed by atoms with van der Waals surface area (Å²) in [4.78, 5) is 24.2. The molecule has 0 radical (unpaired) electrons. The Balaban J connectivity index is 1.40. The molecule has 6 nitrogen and oxygen atoms in total. The van der Waals surface area contributed by atoms with Crippen LogP contribution in [0.1, 0.15) is 24.0 Å². The summed E-state index contributed by atoms with van der Waals surface area (Å²) in [6, 6.07) is 17.9. The lowest BCUT2D eigenvalue weighted by molar-refractivity contribution is -0.125. The van der Waals surface area contributed by atoms with Crippen LogP contribution in [0, 0.1) is 12.8 Å². The largest absolute Gasteiger partial charge is 0.497 e. The molecule has 2 heterocycles. The third kappa shape index (κ3) is 5.20. The summed E-state index contributed by atoms with van der Waals surface area (Å²) >= 11 is 0. The number of aryl methyl sites for hydroxylation is 1. The lowest BCUT2D eigenvalue weighted by Crippen LogP contribution is -2.43. The summed E-state index contributed by atoms with van der Waals surface area (Å²) in [5, 5.41) is 3.08. The number of anilines is 1. The van der Waals surface area contributed by atoms with Crippen molar-refractivity contribution in [2.24, 2.45) is 5.92 Å². The first kappa shape index (κ1) is 20.8. The monoisotopic (exact) mass is 416 g/mol. The maximum Gasteiger partial charge on any atom is 0.225 e. The number of nitrogens with zero attached hydrogens (tertiary/aromatic N) is 3. The van der Waals surface area contributed by atoms with Crippen LogP contribution in [0.15, 0.2) is 60.8 Å². The Morgan fingerprint density at radius 2 is 2.03 bits per heavy atom. The Kier molecular flexibility index (Phi) is 6.46. The van der Waals surface area contributed by atoms with E-state index in [0.29, 0.717) is 18.9 Å². The number of benzene rings is 2. The fraction of sp³-hybridized carbons (Fsp3) is 0.320. The van der Waals surface area contributed by atoms with Crippen molar-refractivity contribution in [2.75, 3.05) is 25.1 Å². The molecule has 0 aliphatic carbocycles. The number of piperidine rings is 1. The molecule has 1 saturated heterocycles. The van der Waals surface area contributed by atoms with Crippen LogP contribution in [-0.4, -0.2) is 36.1 Å². The molecule has 0 spiro atoms. The van der Waals surface area contributed by atoms with E-state index in [2.05, 4.69) is 34.3 Å². The summed E-state index contributed by atoms with van der Waals surface area (Å²) < 4.78 is 5.26. The second-order valence-corrected chi connectivity index (χ2v) is 7.96. The van der Waals surface area contributed by atoms with Crippen molar-refractivity contribution < 1.29 is 9.53 Å². The van der Waals surface area contributed by atoms with Gasteiger partial charge in [0.25, 0.3) is 0 Å². The molecule has 4 rings (SSSR count). The van der Waals surface area contributed by atoms with E-state index < -0.39 is 0 Å². The molecule has 1 fully saturated rings. The predicted molar refractivity (Wildman–Crippen MR) is 122 cm³/mol. The summed E-state index contributed by atoms with van der Waals surface area (Å²) in [5.74, 6) is 2.40. The molecule has 1 amide bonds. The highest BCUT2D eigenvalue weighted by atomic mass is 16.5. The van der Waals surface area contributed by atoms with Crippen molar-refractivity contribution >= 4 is 11.7 Å². The highest BCUT2D eigenvalue weighted by Gasteiger charge is 2.26. The zero-order chi connectivity index (χ0) is 21.6. The highest BCUT2D eigenvalue weighted by Crippen LogP contribution is 2.24. The van der Waals surface area contributed by atoms with Crippen LogP contribution in [0.25, 0.3) is 11.4 Å². The van der Waals surface area contributed by atoms with Gasteiger partial charge in [0, 0.05) is 31.4 Å². The van der Waals surface area contributed by atoms with E-state index in [1.807, 2.05) is 42.5 Å². The van der Waals surface area contributed by atoms with Crippen LogP contribution in [0.2, 0.25) is 0 Å². The number of rotatable bonds is 6. The van der Waals surface area contributed by atoms with E-state index in [0.717, 1.165) is 42.1 Å². The molecule has 1 aliphatic heterocycles. The number of hydrogen-bond donors (Lipinski definition) is 1. The highest BCUT2D eigenvalue weighted by molar-refractivity contribution is 5.79. The van der Waals surface area contributed by atoms with Gasteiger partial charge in [0.1, 0.15) is 11.6 Å². The van der Waals surface area contributed by atoms with Gasteiger partial charge in [-0.15, -0.1) is 0 Å². The van der Waals surface area contributed by atoms with Gasteiger partial charge in [0.15, 0.2) is 5.82 Å². The van der Waals surface area contributed by atoms with Crippen LogP contribution < -0.4 is 15.0 Å². The third-order valence-electron chi connectivity index (χ3n) is 5.67. The second kappa shape index (κ2) is 9.60. The third-order valence-corrected chi connectivity index (χ3v) is 5.67. The molecule has 1 N–H and O–H groups in total. The quantitative estimate of drug-likeness (QED) is 0.658. The summed E-state index contributed by atoms with van der Waals surface area (Å²) in [6.45, 7) is 4.12. The van der Waals surface area contributed by atoms with Gasteiger partial charge in [-0.25, -0.2) is 9.97 Å². The molecule has 1 atom stereocenters. The minimum Gasteiger partial charge on any atom is -0.497 e.